The Morgan fingerprint density at radius 1 is 1.27 bits per heavy atom. The molecular weight excluding hydrogens is 401 g/mol. The van der Waals surface area contributed by atoms with Gasteiger partial charge in [-0.3, -0.25) is 4.79 Å². The molecule has 154 valence electrons. The number of nitrogens with zero attached hydrogens (tertiary/aromatic N) is 3. The number of carbonyl (C=O) groups is 1. The smallest absolute Gasteiger partial charge is 0.252 e. The summed E-state index contributed by atoms with van der Waals surface area (Å²) >= 11 is 1.50. The van der Waals surface area contributed by atoms with E-state index in [1.807, 2.05) is 13.1 Å². The van der Waals surface area contributed by atoms with Gasteiger partial charge in [0.15, 0.2) is 5.13 Å². The van der Waals surface area contributed by atoms with E-state index in [2.05, 4.69) is 33.7 Å². The summed E-state index contributed by atoms with van der Waals surface area (Å²) in [7, 11) is 1.82. The molecule has 0 aliphatic heterocycles. The average molecular weight is 424 g/mol. The van der Waals surface area contributed by atoms with E-state index < -0.39 is 0 Å². The van der Waals surface area contributed by atoms with Crippen molar-refractivity contribution in [3.8, 4) is 5.69 Å². The number of benzene rings is 1. The zero-order chi connectivity index (χ0) is 21.1. The van der Waals surface area contributed by atoms with Crippen LogP contribution in [0.25, 0.3) is 17.3 Å². The van der Waals surface area contributed by atoms with E-state index in [1.54, 1.807) is 29.2 Å². The maximum atomic E-state index is 13.4. The third kappa shape index (κ3) is 4.04. The third-order valence-corrected chi connectivity index (χ3v) is 5.98. The van der Waals surface area contributed by atoms with Crippen molar-refractivity contribution in [1.82, 2.24) is 20.1 Å². The molecule has 3 aromatic rings. The summed E-state index contributed by atoms with van der Waals surface area (Å²) in [6, 6.07) is 6.17. The van der Waals surface area contributed by atoms with E-state index in [9.17, 15) is 9.18 Å². The highest BCUT2D eigenvalue weighted by atomic mass is 32.1. The topological polar surface area (TPSA) is 71.8 Å². The molecule has 2 heterocycles. The minimum Gasteiger partial charge on any atom is -0.365 e. The van der Waals surface area contributed by atoms with Gasteiger partial charge in [0.05, 0.1) is 24.1 Å². The molecule has 0 radical (unpaired) electrons. The second-order valence-corrected chi connectivity index (χ2v) is 7.99. The van der Waals surface area contributed by atoms with Gasteiger partial charge in [0.1, 0.15) is 5.82 Å². The van der Waals surface area contributed by atoms with Crippen molar-refractivity contribution in [2.24, 2.45) is 0 Å². The van der Waals surface area contributed by atoms with Crippen molar-refractivity contribution in [2.45, 2.75) is 26.3 Å². The quantitative estimate of drug-likeness (QED) is 0.616. The molecular formula is C22H22FN5OS. The molecule has 2 N–H and O–H groups in total. The standard InChI is InChI=1S/C22H22FN5OS/c1-3-14-4-9-18(21(29)25-11-17-12-26-22(24-2)30-17)19-13-27-28(20(19)10-14)16-7-5-15(23)6-8-16/h5-10,12-13H,3-4,11H2,1-2H3,(H,24,26)(H,25,29). The van der Waals surface area contributed by atoms with Crippen LogP contribution in [0.5, 0.6) is 0 Å². The SMILES string of the molecule is CCC1=Cc2c(cnn2-c2ccc(F)cc2)C(C(=O)NCc2cnc(NC)s2)=CC1. The summed E-state index contributed by atoms with van der Waals surface area (Å²) in [6.45, 7) is 2.50. The molecule has 1 aliphatic rings. The molecule has 2 aromatic heterocycles. The maximum Gasteiger partial charge on any atom is 0.252 e. The van der Waals surface area contributed by atoms with Crippen LogP contribution in [0.2, 0.25) is 0 Å². The largest absolute Gasteiger partial charge is 0.365 e. The Morgan fingerprint density at radius 2 is 2.07 bits per heavy atom. The summed E-state index contributed by atoms with van der Waals surface area (Å²) in [5.41, 5.74) is 4.13. The molecule has 6 nitrogen and oxygen atoms in total. The number of anilines is 1. The van der Waals surface area contributed by atoms with Gasteiger partial charge in [0, 0.05) is 29.3 Å². The Bertz CT molecular complexity index is 1130. The highest BCUT2D eigenvalue weighted by molar-refractivity contribution is 7.15. The summed E-state index contributed by atoms with van der Waals surface area (Å²) < 4.78 is 15.1. The van der Waals surface area contributed by atoms with Crippen LogP contribution in [0.4, 0.5) is 9.52 Å². The second-order valence-electron chi connectivity index (χ2n) is 6.87. The first-order valence-corrected chi connectivity index (χ1v) is 10.5. The number of nitrogens with one attached hydrogen (secondary N) is 2. The zero-order valence-electron chi connectivity index (χ0n) is 16.8. The number of aromatic nitrogens is 3. The first-order chi connectivity index (χ1) is 14.6. The maximum absolute atomic E-state index is 13.4. The summed E-state index contributed by atoms with van der Waals surface area (Å²) in [5.74, 6) is -0.452. The molecule has 30 heavy (non-hydrogen) atoms. The van der Waals surface area contributed by atoms with E-state index >= 15 is 0 Å². The molecule has 0 fully saturated rings. The van der Waals surface area contributed by atoms with Crippen molar-refractivity contribution in [3.05, 3.63) is 70.3 Å². The number of allylic oxidation sites excluding steroid dienone is 2. The molecule has 0 atom stereocenters. The molecule has 1 aliphatic carbocycles. The van der Waals surface area contributed by atoms with Crippen LogP contribution in [0.15, 0.2) is 48.3 Å². The lowest BCUT2D eigenvalue weighted by Gasteiger charge is -2.09. The summed E-state index contributed by atoms with van der Waals surface area (Å²) in [6.07, 6.45) is 9.05. The van der Waals surface area contributed by atoms with Crippen molar-refractivity contribution >= 4 is 34.0 Å². The highest BCUT2D eigenvalue weighted by Gasteiger charge is 2.22. The second kappa shape index (κ2) is 8.62. The van der Waals surface area contributed by atoms with Gasteiger partial charge in [-0.05, 0) is 43.2 Å². The Labute approximate surface area is 178 Å². The van der Waals surface area contributed by atoms with E-state index in [0.29, 0.717) is 18.5 Å². The number of fused-ring (bicyclic) bond motifs is 1. The predicted octanol–water partition coefficient (Wildman–Crippen LogP) is 4.41. The van der Waals surface area contributed by atoms with E-state index in [4.69, 9.17) is 0 Å². The van der Waals surface area contributed by atoms with Gasteiger partial charge in [-0.25, -0.2) is 14.1 Å². The molecule has 0 spiro atoms. The van der Waals surface area contributed by atoms with Gasteiger partial charge < -0.3 is 10.6 Å². The lowest BCUT2D eigenvalue weighted by molar-refractivity contribution is -0.115. The van der Waals surface area contributed by atoms with Crippen LogP contribution >= 0.6 is 11.3 Å². The van der Waals surface area contributed by atoms with Crippen molar-refractivity contribution in [1.29, 1.82) is 0 Å². The molecule has 4 rings (SSSR count). The number of carbonyl (C=O) groups excluding carboxylic acids is 1. The van der Waals surface area contributed by atoms with Gasteiger partial charge in [0.25, 0.3) is 5.91 Å². The fourth-order valence-electron chi connectivity index (χ4n) is 3.32. The predicted molar refractivity (Wildman–Crippen MR) is 118 cm³/mol. The number of hydrogen-bond acceptors (Lipinski definition) is 5. The monoisotopic (exact) mass is 423 g/mol. The van der Waals surface area contributed by atoms with Crippen LogP contribution in [0, 0.1) is 5.82 Å². The van der Waals surface area contributed by atoms with E-state index in [0.717, 1.165) is 33.4 Å². The van der Waals surface area contributed by atoms with Gasteiger partial charge in [-0.2, -0.15) is 5.10 Å². The lowest BCUT2D eigenvalue weighted by Crippen LogP contribution is -2.23. The Kier molecular flexibility index (Phi) is 5.76. The Hall–Kier alpha value is -3.26. The third-order valence-electron chi connectivity index (χ3n) is 4.97. The fraction of sp³-hybridized carbons (Fsp3) is 0.227. The molecule has 1 aromatic carbocycles. The van der Waals surface area contributed by atoms with Gasteiger partial charge in [0.2, 0.25) is 0 Å². The molecule has 0 saturated heterocycles. The minimum absolute atomic E-state index is 0.153. The van der Waals surface area contributed by atoms with Crippen molar-refractivity contribution in [3.63, 3.8) is 0 Å². The van der Waals surface area contributed by atoms with Crippen molar-refractivity contribution < 1.29 is 9.18 Å². The van der Waals surface area contributed by atoms with E-state index in [-0.39, 0.29) is 11.7 Å². The first kappa shape index (κ1) is 20.0. The van der Waals surface area contributed by atoms with Crippen LogP contribution in [0.1, 0.15) is 35.9 Å². The molecule has 1 amide bonds. The zero-order valence-corrected chi connectivity index (χ0v) is 17.6. The first-order valence-electron chi connectivity index (χ1n) is 9.73. The minimum atomic E-state index is -0.300. The van der Waals surface area contributed by atoms with Crippen LogP contribution in [-0.2, 0) is 11.3 Å². The Morgan fingerprint density at radius 3 is 2.77 bits per heavy atom. The summed E-state index contributed by atoms with van der Waals surface area (Å²) in [4.78, 5) is 18.2. The normalized spacial score (nSPS) is 13.2. The van der Waals surface area contributed by atoms with Crippen molar-refractivity contribution in [2.75, 3.05) is 12.4 Å². The fourth-order valence-corrected chi connectivity index (χ4v) is 4.02. The van der Waals surface area contributed by atoms with Crippen LogP contribution in [-0.4, -0.2) is 27.7 Å². The lowest BCUT2D eigenvalue weighted by atomic mass is 10.1. The molecule has 0 bridgehead atoms. The summed E-state index contributed by atoms with van der Waals surface area (Å²) in [5, 5.41) is 11.3. The average Bonchev–Trinajstić information content (AvgIpc) is 3.35. The molecule has 8 heteroatoms. The highest BCUT2D eigenvalue weighted by Crippen LogP contribution is 2.30. The van der Waals surface area contributed by atoms with Gasteiger partial charge in [-0.15, -0.1) is 11.3 Å². The van der Waals surface area contributed by atoms with Crippen LogP contribution in [0.3, 0.4) is 0 Å². The van der Waals surface area contributed by atoms with Gasteiger partial charge >= 0.3 is 0 Å². The van der Waals surface area contributed by atoms with E-state index in [1.165, 1.54) is 29.0 Å². The van der Waals surface area contributed by atoms with Crippen LogP contribution < -0.4 is 10.6 Å². The number of hydrogen-bond donors (Lipinski definition) is 2. The molecule has 0 saturated carbocycles. The molecule has 0 unspecified atom stereocenters. The number of amides is 1. The van der Waals surface area contributed by atoms with Gasteiger partial charge in [-0.1, -0.05) is 18.6 Å². The number of thiazole rings is 1. The number of halogens is 1. The Balaban J connectivity index is 1.63. The number of rotatable bonds is 6.